The Kier molecular flexibility index (Phi) is 3.33. The minimum Gasteiger partial charge on any atom is -0.364 e. The van der Waals surface area contributed by atoms with E-state index in [0.29, 0.717) is 18.0 Å². The molecular weight excluding hydrogens is 318 g/mol. The van der Waals surface area contributed by atoms with E-state index in [9.17, 15) is 4.79 Å². The Labute approximate surface area is 144 Å². The number of carbonyl (C=O) groups excluding carboxylic acids is 1. The van der Waals surface area contributed by atoms with Gasteiger partial charge < -0.3 is 9.42 Å². The summed E-state index contributed by atoms with van der Waals surface area (Å²) in [5, 5.41) is 12.7. The first kappa shape index (κ1) is 14.6. The second kappa shape index (κ2) is 5.68. The third kappa shape index (κ3) is 2.50. The molecule has 1 amide bonds. The standard InChI is InChI=1S/C18H19N5O2/c24-18(14-11-25-21-16(14)12-6-7-12)22-8-3-4-13(10-22)17-20-19-15-5-1-2-9-23(15)17/h1-2,5,9,11-13H,3-4,6-8,10H2/t13-/m0/s1. The average Bonchev–Trinajstić information content (AvgIpc) is 3.22. The van der Waals surface area contributed by atoms with Gasteiger partial charge >= 0.3 is 0 Å². The van der Waals surface area contributed by atoms with E-state index in [1.165, 1.54) is 6.26 Å². The SMILES string of the molecule is O=C(c1conc1C1CC1)N1CCC[C@H](c2nnc3ccccn23)C1. The fraction of sp³-hybridized carbons (Fsp3) is 0.444. The van der Waals surface area contributed by atoms with Gasteiger partial charge in [0.05, 0.1) is 5.69 Å². The summed E-state index contributed by atoms with van der Waals surface area (Å²) in [6.07, 6.45) is 7.66. The average molecular weight is 337 g/mol. The highest BCUT2D eigenvalue weighted by Gasteiger charge is 2.35. The summed E-state index contributed by atoms with van der Waals surface area (Å²) in [4.78, 5) is 14.9. The predicted molar refractivity (Wildman–Crippen MR) is 89.3 cm³/mol. The zero-order valence-electron chi connectivity index (χ0n) is 13.8. The lowest BCUT2D eigenvalue weighted by molar-refractivity contribution is 0.0702. The first-order chi connectivity index (χ1) is 12.3. The maximum absolute atomic E-state index is 13.0. The van der Waals surface area contributed by atoms with Crippen molar-refractivity contribution in [3.63, 3.8) is 0 Å². The minimum absolute atomic E-state index is 0.0293. The molecule has 1 atom stereocenters. The smallest absolute Gasteiger partial charge is 0.259 e. The molecule has 7 heteroatoms. The van der Waals surface area contributed by atoms with Gasteiger partial charge in [-0.05, 0) is 37.8 Å². The molecule has 4 heterocycles. The van der Waals surface area contributed by atoms with Crippen molar-refractivity contribution in [3.05, 3.63) is 47.7 Å². The lowest BCUT2D eigenvalue weighted by Gasteiger charge is -2.31. The van der Waals surface area contributed by atoms with Crippen molar-refractivity contribution in [3.8, 4) is 0 Å². The molecule has 3 aromatic rings. The maximum Gasteiger partial charge on any atom is 0.259 e. The van der Waals surface area contributed by atoms with Gasteiger partial charge in [-0.15, -0.1) is 10.2 Å². The first-order valence-corrected chi connectivity index (χ1v) is 8.84. The van der Waals surface area contributed by atoms with Crippen LogP contribution in [0.1, 0.15) is 59.4 Å². The monoisotopic (exact) mass is 337 g/mol. The van der Waals surface area contributed by atoms with Gasteiger partial charge in [0.15, 0.2) is 5.65 Å². The lowest BCUT2D eigenvalue weighted by atomic mass is 9.96. The van der Waals surface area contributed by atoms with Crippen molar-refractivity contribution >= 4 is 11.6 Å². The normalized spacial score (nSPS) is 21.0. The molecule has 0 unspecified atom stereocenters. The van der Waals surface area contributed by atoms with Crippen LogP contribution in [-0.2, 0) is 0 Å². The number of hydrogen-bond acceptors (Lipinski definition) is 5. The molecule has 5 rings (SSSR count). The van der Waals surface area contributed by atoms with Crippen LogP contribution < -0.4 is 0 Å². The largest absolute Gasteiger partial charge is 0.364 e. The number of fused-ring (bicyclic) bond motifs is 1. The van der Waals surface area contributed by atoms with E-state index in [4.69, 9.17) is 4.52 Å². The molecule has 0 bridgehead atoms. The molecular formula is C18H19N5O2. The van der Waals surface area contributed by atoms with E-state index >= 15 is 0 Å². The van der Waals surface area contributed by atoms with Crippen LogP contribution in [0.4, 0.5) is 0 Å². The van der Waals surface area contributed by atoms with Crippen LogP contribution in [0.15, 0.2) is 35.2 Å². The minimum atomic E-state index is 0.0293. The molecule has 128 valence electrons. The van der Waals surface area contributed by atoms with E-state index in [0.717, 1.165) is 49.4 Å². The summed E-state index contributed by atoms with van der Waals surface area (Å²) < 4.78 is 7.11. The number of amides is 1. The number of rotatable bonds is 3. The van der Waals surface area contributed by atoms with Crippen molar-refractivity contribution < 1.29 is 9.32 Å². The third-order valence-corrected chi connectivity index (χ3v) is 5.21. The fourth-order valence-electron chi connectivity index (χ4n) is 3.74. The molecule has 25 heavy (non-hydrogen) atoms. The Morgan fingerprint density at radius 2 is 2.08 bits per heavy atom. The van der Waals surface area contributed by atoms with Crippen LogP contribution >= 0.6 is 0 Å². The highest BCUT2D eigenvalue weighted by atomic mass is 16.5. The fourth-order valence-corrected chi connectivity index (χ4v) is 3.74. The Balaban J connectivity index is 1.40. The van der Waals surface area contributed by atoms with Gasteiger partial charge in [0.1, 0.15) is 17.7 Å². The van der Waals surface area contributed by atoms with Crippen LogP contribution in [0.3, 0.4) is 0 Å². The van der Waals surface area contributed by atoms with Crippen molar-refractivity contribution in [2.24, 2.45) is 0 Å². The number of piperidine rings is 1. The second-order valence-corrected chi connectivity index (χ2v) is 6.97. The van der Waals surface area contributed by atoms with E-state index in [1.807, 2.05) is 33.7 Å². The van der Waals surface area contributed by atoms with Gasteiger partial charge in [-0.1, -0.05) is 11.2 Å². The summed E-state index contributed by atoms with van der Waals surface area (Å²) >= 11 is 0. The molecule has 1 saturated heterocycles. The number of nitrogens with zero attached hydrogens (tertiary/aromatic N) is 5. The van der Waals surface area contributed by atoms with Crippen molar-refractivity contribution in [2.45, 2.75) is 37.5 Å². The van der Waals surface area contributed by atoms with Crippen LogP contribution in [0.25, 0.3) is 5.65 Å². The third-order valence-electron chi connectivity index (χ3n) is 5.21. The molecule has 0 N–H and O–H groups in total. The Morgan fingerprint density at radius 1 is 1.16 bits per heavy atom. The lowest BCUT2D eigenvalue weighted by Crippen LogP contribution is -2.39. The Morgan fingerprint density at radius 3 is 2.96 bits per heavy atom. The summed E-state index contributed by atoms with van der Waals surface area (Å²) in [7, 11) is 0. The Hall–Kier alpha value is -2.70. The van der Waals surface area contributed by atoms with Crippen molar-refractivity contribution in [2.75, 3.05) is 13.1 Å². The van der Waals surface area contributed by atoms with Gasteiger partial charge in [0.2, 0.25) is 0 Å². The summed E-state index contributed by atoms with van der Waals surface area (Å²) in [6.45, 7) is 1.42. The van der Waals surface area contributed by atoms with Crippen LogP contribution in [0.5, 0.6) is 0 Å². The predicted octanol–water partition coefficient (Wildman–Crippen LogP) is 2.61. The van der Waals surface area contributed by atoms with Gasteiger partial charge in [-0.3, -0.25) is 9.20 Å². The van der Waals surface area contributed by atoms with Gasteiger partial charge in [0, 0.05) is 31.1 Å². The van der Waals surface area contributed by atoms with Crippen LogP contribution in [-0.4, -0.2) is 43.7 Å². The van der Waals surface area contributed by atoms with Crippen LogP contribution in [0, 0.1) is 0 Å². The van der Waals surface area contributed by atoms with Crippen molar-refractivity contribution in [1.29, 1.82) is 0 Å². The molecule has 7 nitrogen and oxygen atoms in total. The van der Waals surface area contributed by atoms with Gasteiger partial charge in [-0.2, -0.15) is 0 Å². The quantitative estimate of drug-likeness (QED) is 0.734. The highest BCUT2D eigenvalue weighted by molar-refractivity contribution is 5.95. The van der Waals surface area contributed by atoms with E-state index in [-0.39, 0.29) is 11.8 Å². The van der Waals surface area contributed by atoms with Gasteiger partial charge in [0.25, 0.3) is 5.91 Å². The number of hydrogen-bond donors (Lipinski definition) is 0. The molecule has 0 radical (unpaired) electrons. The number of likely N-dealkylation sites (tertiary alicyclic amines) is 1. The molecule has 0 spiro atoms. The summed E-state index contributed by atoms with van der Waals surface area (Å²) in [5.74, 6) is 1.56. The Bertz CT molecular complexity index is 926. The molecule has 1 saturated carbocycles. The molecule has 3 aromatic heterocycles. The van der Waals surface area contributed by atoms with E-state index < -0.39 is 0 Å². The van der Waals surface area contributed by atoms with Crippen molar-refractivity contribution in [1.82, 2.24) is 24.7 Å². The van der Waals surface area contributed by atoms with E-state index in [1.54, 1.807) is 0 Å². The number of carbonyl (C=O) groups is 1. The topological polar surface area (TPSA) is 76.5 Å². The van der Waals surface area contributed by atoms with E-state index in [2.05, 4.69) is 15.4 Å². The van der Waals surface area contributed by atoms with Crippen LogP contribution in [0.2, 0.25) is 0 Å². The zero-order chi connectivity index (χ0) is 16.8. The molecule has 2 fully saturated rings. The molecule has 1 aliphatic carbocycles. The van der Waals surface area contributed by atoms with Gasteiger partial charge in [-0.25, -0.2) is 0 Å². The summed E-state index contributed by atoms with van der Waals surface area (Å²) in [5.41, 5.74) is 2.31. The number of pyridine rings is 1. The highest BCUT2D eigenvalue weighted by Crippen LogP contribution is 2.41. The molecule has 0 aromatic carbocycles. The summed E-state index contributed by atoms with van der Waals surface area (Å²) in [6, 6.07) is 5.88. The molecule has 1 aliphatic heterocycles. The maximum atomic E-state index is 13.0. The zero-order valence-corrected chi connectivity index (χ0v) is 13.8. The second-order valence-electron chi connectivity index (χ2n) is 6.97. The molecule has 2 aliphatic rings. The number of aromatic nitrogens is 4. The first-order valence-electron chi connectivity index (χ1n) is 8.84.